The second kappa shape index (κ2) is 14.2. The van der Waals surface area contributed by atoms with Gasteiger partial charge in [-0.05, 0) is 38.0 Å². The van der Waals surface area contributed by atoms with E-state index in [-0.39, 0.29) is 18.0 Å². The van der Waals surface area contributed by atoms with Crippen LogP contribution in [0.15, 0.2) is 25.3 Å². The first-order chi connectivity index (χ1) is 11.1. The second-order valence-corrected chi connectivity index (χ2v) is 5.82. The summed E-state index contributed by atoms with van der Waals surface area (Å²) in [5, 5.41) is 0. The zero-order valence-electron chi connectivity index (χ0n) is 14.4. The van der Waals surface area contributed by atoms with Crippen LogP contribution in [0.1, 0.15) is 45.4 Å². The second-order valence-electron chi connectivity index (χ2n) is 5.35. The fraction of sp³-hybridized carbons (Fsp3) is 0.647. The van der Waals surface area contributed by atoms with Crippen LogP contribution >= 0.6 is 0 Å². The van der Waals surface area contributed by atoms with Crippen molar-refractivity contribution in [1.29, 1.82) is 0 Å². The van der Waals surface area contributed by atoms with E-state index in [1.165, 1.54) is 12.2 Å². The van der Waals surface area contributed by atoms with Crippen molar-refractivity contribution in [2.75, 3.05) is 13.2 Å². The van der Waals surface area contributed by atoms with Crippen molar-refractivity contribution in [2.45, 2.75) is 51.6 Å². The Bertz CT molecular complexity index is 342. The van der Waals surface area contributed by atoms with Gasteiger partial charge in [0.25, 0.3) is 0 Å². The zero-order valence-corrected chi connectivity index (χ0v) is 16.4. The first kappa shape index (κ1) is 21.6. The molecule has 132 valence electrons. The molecule has 0 rings (SSSR count). The molecule has 0 aromatic heterocycles. The summed E-state index contributed by atoms with van der Waals surface area (Å²) < 4.78 is 15.8. The third-order valence-corrected chi connectivity index (χ3v) is 4.27. The zero-order chi connectivity index (χ0) is 17.5. The molecule has 6 heteroatoms. The Kier molecular flexibility index (Phi) is 13.3. The lowest BCUT2D eigenvalue weighted by molar-refractivity contribution is -0.138. The van der Waals surface area contributed by atoms with Gasteiger partial charge in [-0.1, -0.05) is 26.5 Å². The molecule has 0 aromatic carbocycles. The summed E-state index contributed by atoms with van der Waals surface area (Å²) >= 11 is 0. The minimum absolute atomic E-state index is 0.233. The first-order valence-corrected chi connectivity index (χ1v) is 9.01. The molecular weight excluding hydrogens is 312 g/mol. The Labute approximate surface area is 142 Å². The molecule has 0 fully saturated rings. The predicted octanol–water partition coefficient (Wildman–Crippen LogP) is 2.09. The Morgan fingerprint density at radius 2 is 1.48 bits per heavy atom. The topological polar surface area (TPSA) is 61.8 Å². The third-order valence-electron chi connectivity index (χ3n) is 3.66. The third kappa shape index (κ3) is 10.9. The van der Waals surface area contributed by atoms with Gasteiger partial charge in [0.1, 0.15) is 10.5 Å². The van der Waals surface area contributed by atoms with Crippen LogP contribution in [0.2, 0.25) is 0 Å². The number of hydrogen-bond acceptors (Lipinski definition) is 5. The van der Waals surface area contributed by atoms with Crippen LogP contribution in [0.4, 0.5) is 0 Å². The van der Waals surface area contributed by atoms with Crippen molar-refractivity contribution in [2.24, 2.45) is 5.92 Å². The number of carbonyl (C=O) groups is 2. The fourth-order valence-electron chi connectivity index (χ4n) is 2.50. The molecule has 0 radical (unpaired) electrons. The maximum absolute atomic E-state index is 11.0. The summed E-state index contributed by atoms with van der Waals surface area (Å²) in [7, 11) is 0.701. The fourth-order valence-corrected chi connectivity index (χ4v) is 3.12. The maximum Gasteiger partial charge on any atom is 0.330 e. The van der Waals surface area contributed by atoms with Crippen molar-refractivity contribution >= 4 is 22.4 Å². The minimum atomic E-state index is -0.387. The van der Waals surface area contributed by atoms with E-state index in [1.807, 2.05) is 0 Å². The van der Waals surface area contributed by atoms with E-state index in [9.17, 15) is 9.59 Å². The number of ether oxygens (including phenoxy) is 2. The number of carbonyl (C=O) groups excluding carboxylic acids is 2. The van der Waals surface area contributed by atoms with Crippen molar-refractivity contribution in [1.82, 2.24) is 0 Å². The summed E-state index contributed by atoms with van der Waals surface area (Å²) in [4.78, 5) is 22.1. The van der Waals surface area contributed by atoms with E-state index >= 15 is 0 Å². The van der Waals surface area contributed by atoms with Gasteiger partial charge in [0.05, 0.1) is 13.2 Å². The monoisotopic (exact) mass is 342 g/mol. The van der Waals surface area contributed by atoms with Crippen molar-refractivity contribution < 1.29 is 23.5 Å². The van der Waals surface area contributed by atoms with Crippen LogP contribution in [0, 0.1) is 5.92 Å². The summed E-state index contributed by atoms with van der Waals surface area (Å²) in [5.41, 5.74) is 0. The van der Waals surface area contributed by atoms with Gasteiger partial charge in [0.2, 0.25) is 0 Å². The van der Waals surface area contributed by atoms with Crippen molar-refractivity contribution in [3.05, 3.63) is 25.3 Å². The van der Waals surface area contributed by atoms with E-state index in [4.69, 9.17) is 13.9 Å². The quantitative estimate of drug-likeness (QED) is 0.209. The van der Waals surface area contributed by atoms with E-state index in [2.05, 4.69) is 20.1 Å². The minimum Gasteiger partial charge on any atom is -0.463 e. The molecule has 1 unspecified atom stereocenters. The van der Waals surface area contributed by atoms with E-state index in [0.29, 0.717) is 29.6 Å². The van der Waals surface area contributed by atoms with Gasteiger partial charge >= 0.3 is 11.9 Å². The average Bonchev–Trinajstić information content (AvgIpc) is 2.57. The predicted molar refractivity (Wildman–Crippen MR) is 94.0 cm³/mol. The van der Waals surface area contributed by atoms with Crippen LogP contribution < -0.4 is 0 Å². The standard InChI is InChI=1S/C17H30O5Si/c1-4-9-15(22-23)14(10-7-12-20-16(18)5-2)11-8-13-21-17(19)6-3/h5-6,14-15H,2-4,7-13H2,1,23H3. The van der Waals surface area contributed by atoms with Gasteiger partial charge in [0.15, 0.2) is 0 Å². The molecule has 0 amide bonds. The molecule has 1 atom stereocenters. The van der Waals surface area contributed by atoms with Gasteiger partial charge in [-0.2, -0.15) is 0 Å². The van der Waals surface area contributed by atoms with Gasteiger partial charge in [0, 0.05) is 18.3 Å². The lowest BCUT2D eigenvalue weighted by Gasteiger charge is -2.26. The molecule has 0 aliphatic heterocycles. The summed E-state index contributed by atoms with van der Waals surface area (Å²) in [5.74, 6) is -0.387. The van der Waals surface area contributed by atoms with Gasteiger partial charge in [-0.15, -0.1) is 0 Å². The Morgan fingerprint density at radius 1 is 1.00 bits per heavy atom. The van der Waals surface area contributed by atoms with Gasteiger partial charge in [-0.3, -0.25) is 0 Å². The molecule has 5 nitrogen and oxygen atoms in total. The molecule has 0 heterocycles. The Morgan fingerprint density at radius 3 is 1.83 bits per heavy atom. The molecule has 0 saturated carbocycles. The number of hydrogen-bond donors (Lipinski definition) is 0. The molecular formula is C17H30O5Si. The van der Waals surface area contributed by atoms with Crippen LogP contribution in [0.3, 0.4) is 0 Å². The molecule has 0 aliphatic carbocycles. The highest BCUT2D eigenvalue weighted by Crippen LogP contribution is 2.23. The molecule has 0 aliphatic rings. The van der Waals surface area contributed by atoms with Gasteiger partial charge < -0.3 is 13.9 Å². The smallest absolute Gasteiger partial charge is 0.330 e. The summed E-state index contributed by atoms with van der Waals surface area (Å²) in [6.45, 7) is 9.68. The van der Waals surface area contributed by atoms with E-state index < -0.39 is 0 Å². The van der Waals surface area contributed by atoms with Crippen LogP contribution in [0.5, 0.6) is 0 Å². The SMILES string of the molecule is C=CC(=O)OCCCC(CCCOC(=O)C=C)C(CCC)O[SiH3]. The molecule has 0 N–H and O–H groups in total. The lowest BCUT2D eigenvalue weighted by Crippen LogP contribution is -2.24. The largest absolute Gasteiger partial charge is 0.463 e. The normalized spacial score (nSPS) is 11.9. The Balaban J connectivity index is 4.26. The first-order valence-electron chi connectivity index (χ1n) is 8.20. The molecule has 0 saturated heterocycles. The lowest BCUT2D eigenvalue weighted by atomic mass is 9.90. The summed E-state index contributed by atoms with van der Waals surface area (Å²) in [6, 6.07) is 0. The van der Waals surface area contributed by atoms with Crippen LogP contribution in [-0.4, -0.2) is 41.7 Å². The van der Waals surface area contributed by atoms with E-state index in [0.717, 1.165) is 38.5 Å². The Hall–Kier alpha value is -1.40. The highest BCUT2D eigenvalue weighted by Gasteiger charge is 2.20. The molecule has 23 heavy (non-hydrogen) atoms. The highest BCUT2D eigenvalue weighted by molar-refractivity contribution is 5.98. The maximum atomic E-state index is 11.0. The highest BCUT2D eigenvalue weighted by atomic mass is 28.2. The van der Waals surface area contributed by atoms with Crippen molar-refractivity contribution in [3.8, 4) is 0 Å². The summed E-state index contributed by atoms with van der Waals surface area (Å²) in [6.07, 6.45) is 8.10. The molecule has 0 spiro atoms. The molecule has 0 aromatic rings. The van der Waals surface area contributed by atoms with Crippen molar-refractivity contribution in [3.63, 3.8) is 0 Å². The van der Waals surface area contributed by atoms with Crippen LogP contribution in [-0.2, 0) is 23.5 Å². The molecule has 0 bridgehead atoms. The number of esters is 2. The number of rotatable bonds is 14. The average molecular weight is 343 g/mol. The van der Waals surface area contributed by atoms with E-state index in [1.54, 1.807) is 0 Å². The van der Waals surface area contributed by atoms with Gasteiger partial charge in [-0.25, -0.2) is 9.59 Å². The van der Waals surface area contributed by atoms with Crippen LogP contribution in [0.25, 0.3) is 0 Å².